The molecule has 0 amide bonds. The van der Waals surface area contributed by atoms with E-state index < -0.39 is 0 Å². The summed E-state index contributed by atoms with van der Waals surface area (Å²) >= 11 is 0. The van der Waals surface area contributed by atoms with E-state index in [1.165, 1.54) is 0 Å². The Morgan fingerprint density at radius 1 is 1.42 bits per heavy atom. The van der Waals surface area contributed by atoms with Crippen LogP contribution in [-0.4, -0.2) is 30.5 Å². The number of hydrogen-bond acceptors (Lipinski definition) is 4. The van der Waals surface area contributed by atoms with E-state index in [-0.39, 0.29) is 5.78 Å². The molecule has 0 aliphatic rings. The van der Waals surface area contributed by atoms with E-state index in [4.69, 9.17) is 4.74 Å². The molecule has 1 N–H and O–H groups in total. The van der Waals surface area contributed by atoms with E-state index in [2.05, 4.69) is 24.1 Å². The number of Topliss-reactive ketones (excluding diaryl/α,β-unsaturated/α-hetero) is 1. The Bertz CT molecular complexity index is 442. The predicted molar refractivity (Wildman–Crippen MR) is 76.7 cm³/mol. The third-order valence-electron chi connectivity index (χ3n) is 3.07. The van der Waals surface area contributed by atoms with Crippen molar-refractivity contribution in [3.8, 4) is 5.75 Å². The van der Waals surface area contributed by atoms with Gasteiger partial charge in [0.1, 0.15) is 11.5 Å². The first-order valence-electron chi connectivity index (χ1n) is 6.69. The van der Waals surface area contributed by atoms with Crippen molar-refractivity contribution in [2.24, 2.45) is 0 Å². The van der Waals surface area contributed by atoms with E-state index in [0.29, 0.717) is 18.9 Å². The highest BCUT2D eigenvalue weighted by molar-refractivity contribution is 5.81. The van der Waals surface area contributed by atoms with Gasteiger partial charge in [0.15, 0.2) is 0 Å². The fourth-order valence-corrected chi connectivity index (χ4v) is 2.02. The van der Waals surface area contributed by atoms with Crippen molar-refractivity contribution in [3.63, 3.8) is 0 Å². The smallest absolute Gasteiger partial charge is 0.140 e. The number of aromatic nitrogens is 1. The van der Waals surface area contributed by atoms with Crippen molar-refractivity contribution in [2.75, 3.05) is 13.7 Å². The summed E-state index contributed by atoms with van der Waals surface area (Å²) < 4.78 is 5.35. The zero-order chi connectivity index (χ0) is 14.4. The van der Waals surface area contributed by atoms with Gasteiger partial charge in [-0.15, -0.1) is 0 Å². The first-order chi connectivity index (χ1) is 8.95. The van der Waals surface area contributed by atoms with Gasteiger partial charge >= 0.3 is 0 Å². The van der Waals surface area contributed by atoms with Crippen molar-refractivity contribution in [2.45, 2.75) is 46.6 Å². The Hall–Kier alpha value is -1.42. The van der Waals surface area contributed by atoms with Crippen LogP contribution in [0.4, 0.5) is 0 Å². The Labute approximate surface area is 115 Å². The SMILES string of the molecule is COc1c(C)cnc(CC(=O)CCNC(C)C)c1C. The lowest BCUT2D eigenvalue weighted by Gasteiger charge is -2.12. The topological polar surface area (TPSA) is 51.2 Å². The van der Waals surface area contributed by atoms with Gasteiger partial charge < -0.3 is 10.1 Å². The fourth-order valence-electron chi connectivity index (χ4n) is 2.02. The van der Waals surface area contributed by atoms with E-state index in [1.54, 1.807) is 13.3 Å². The molecule has 0 saturated heterocycles. The largest absolute Gasteiger partial charge is 0.496 e. The molecule has 106 valence electrons. The number of ether oxygens (including phenoxy) is 1. The molecule has 0 bridgehead atoms. The van der Waals surface area contributed by atoms with Crippen molar-refractivity contribution in [3.05, 3.63) is 23.0 Å². The van der Waals surface area contributed by atoms with Crippen LogP contribution in [-0.2, 0) is 11.2 Å². The maximum Gasteiger partial charge on any atom is 0.140 e. The summed E-state index contributed by atoms with van der Waals surface area (Å²) in [4.78, 5) is 16.3. The van der Waals surface area contributed by atoms with Gasteiger partial charge in [0.25, 0.3) is 0 Å². The molecular weight excluding hydrogens is 240 g/mol. The number of rotatable bonds is 7. The van der Waals surface area contributed by atoms with Gasteiger partial charge in [-0.25, -0.2) is 0 Å². The molecule has 0 fully saturated rings. The fraction of sp³-hybridized carbons (Fsp3) is 0.600. The average molecular weight is 264 g/mol. The molecule has 0 spiro atoms. The second-order valence-corrected chi connectivity index (χ2v) is 5.12. The molecule has 4 nitrogen and oxygen atoms in total. The minimum Gasteiger partial charge on any atom is -0.496 e. The summed E-state index contributed by atoms with van der Waals surface area (Å²) in [5.74, 6) is 1.03. The number of hydrogen-bond donors (Lipinski definition) is 1. The molecule has 0 saturated carbocycles. The lowest BCUT2D eigenvalue weighted by Crippen LogP contribution is -2.25. The summed E-state index contributed by atoms with van der Waals surface area (Å²) in [5.41, 5.74) is 2.78. The number of carbonyl (C=O) groups excluding carboxylic acids is 1. The van der Waals surface area contributed by atoms with Crippen molar-refractivity contribution < 1.29 is 9.53 Å². The second-order valence-electron chi connectivity index (χ2n) is 5.12. The third-order valence-corrected chi connectivity index (χ3v) is 3.07. The van der Waals surface area contributed by atoms with E-state index in [9.17, 15) is 4.79 Å². The zero-order valence-corrected chi connectivity index (χ0v) is 12.5. The van der Waals surface area contributed by atoms with Gasteiger partial charge in [0.2, 0.25) is 0 Å². The van der Waals surface area contributed by atoms with Crippen LogP contribution in [0, 0.1) is 13.8 Å². The van der Waals surface area contributed by atoms with E-state index in [1.807, 2.05) is 13.8 Å². The molecule has 0 radical (unpaired) electrons. The molecule has 1 rings (SSSR count). The first-order valence-corrected chi connectivity index (χ1v) is 6.69. The number of pyridine rings is 1. The lowest BCUT2D eigenvalue weighted by atomic mass is 10.1. The molecule has 19 heavy (non-hydrogen) atoms. The lowest BCUT2D eigenvalue weighted by molar-refractivity contribution is -0.118. The molecular formula is C15H24N2O2. The number of nitrogens with one attached hydrogen (secondary N) is 1. The normalized spacial score (nSPS) is 10.8. The predicted octanol–water partition coefficient (Wildman–Crippen LogP) is 2.21. The van der Waals surface area contributed by atoms with Gasteiger partial charge in [-0.05, 0) is 13.8 Å². The summed E-state index contributed by atoms with van der Waals surface area (Å²) in [6.45, 7) is 8.77. The Balaban J connectivity index is 2.64. The highest BCUT2D eigenvalue weighted by Gasteiger charge is 2.12. The monoisotopic (exact) mass is 264 g/mol. The highest BCUT2D eigenvalue weighted by Crippen LogP contribution is 2.24. The minimum atomic E-state index is 0.203. The van der Waals surface area contributed by atoms with Crippen LogP contribution in [0.5, 0.6) is 5.75 Å². The molecule has 1 aromatic heterocycles. The number of methoxy groups -OCH3 is 1. The van der Waals surface area contributed by atoms with Crippen LogP contribution in [0.15, 0.2) is 6.20 Å². The first kappa shape index (κ1) is 15.6. The van der Waals surface area contributed by atoms with Crippen LogP contribution in [0.3, 0.4) is 0 Å². The maximum atomic E-state index is 11.9. The van der Waals surface area contributed by atoms with Gasteiger partial charge in [-0.3, -0.25) is 9.78 Å². The number of carbonyl (C=O) groups is 1. The van der Waals surface area contributed by atoms with Crippen molar-refractivity contribution >= 4 is 5.78 Å². The zero-order valence-electron chi connectivity index (χ0n) is 12.5. The van der Waals surface area contributed by atoms with Gasteiger partial charge in [0, 0.05) is 42.8 Å². The standard InChI is InChI=1S/C15H24N2O2/c1-10(2)16-7-6-13(18)8-14-12(4)15(19-5)11(3)9-17-14/h9-10,16H,6-8H2,1-5H3. The number of aryl methyl sites for hydroxylation is 1. The quantitative estimate of drug-likeness (QED) is 0.820. The summed E-state index contributed by atoms with van der Waals surface area (Å²) in [7, 11) is 1.65. The third kappa shape index (κ3) is 4.63. The van der Waals surface area contributed by atoms with Crippen LogP contribution < -0.4 is 10.1 Å². The molecule has 0 unspecified atom stereocenters. The van der Waals surface area contributed by atoms with Gasteiger partial charge in [-0.1, -0.05) is 13.8 Å². The number of ketones is 1. The molecule has 0 aliphatic heterocycles. The van der Waals surface area contributed by atoms with E-state index in [0.717, 1.165) is 29.1 Å². The van der Waals surface area contributed by atoms with Gasteiger partial charge in [-0.2, -0.15) is 0 Å². The maximum absolute atomic E-state index is 11.9. The van der Waals surface area contributed by atoms with Crippen LogP contribution >= 0.6 is 0 Å². The molecule has 0 aromatic carbocycles. The highest BCUT2D eigenvalue weighted by atomic mass is 16.5. The van der Waals surface area contributed by atoms with Crippen molar-refractivity contribution in [1.29, 1.82) is 0 Å². The van der Waals surface area contributed by atoms with E-state index >= 15 is 0 Å². The Morgan fingerprint density at radius 3 is 2.68 bits per heavy atom. The molecule has 0 aliphatic carbocycles. The Morgan fingerprint density at radius 2 is 2.11 bits per heavy atom. The Kier molecular flexibility index (Phi) is 5.96. The molecule has 1 heterocycles. The summed E-state index contributed by atoms with van der Waals surface area (Å²) in [6, 6.07) is 0.409. The summed E-state index contributed by atoms with van der Waals surface area (Å²) in [5, 5.41) is 3.24. The van der Waals surface area contributed by atoms with Crippen LogP contribution in [0.2, 0.25) is 0 Å². The molecule has 0 atom stereocenters. The van der Waals surface area contributed by atoms with Crippen LogP contribution in [0.1, 0.15) is 37.1 Å². The average Bonchev–Trinajstić information content (AvgIpc) is 2.33. The van der Waals surface area contributed by atoms with Crippen molar-refractivity contribution in [1.82, 2.24) is 10.3 Å². The molecule has 1 aromatic rings. The minimum absolute atomic E-state index is 0.203. The second kappa shape index (κ2) is 7.24. The molecule has 4 heteroatoms. The summed E-state index contributed by atoms with van der Waals surface area (Å²) in [6.07, 6.45) is 2.68. The van der Waals surface area contributed by atoms with Gasteiger partial charge in [0.05, 0.1) is 12.8 Å². The van der Waals surface area contributed by atoms with Crippen LogP contribution in [0.25, 0.3) is 0 Å². The number of nitrogens with zero attached hydrogens (tertiary/aromatic N) is 1.